The molecule has 0 bridgehead atoms. The minimum atomic E-state index is -0.238. The number of esters is 1. The quantitative estimate of drug-likeness (QED) is 0.630. The fraction of sp³-hybridized carbons (Fsp3) is 0.900. The summed E-state index contributed by atoms with van der Waals surface area (Å²) in [4.78, 5) is 24.0. The maximum Gasteiger partial charge on any atom is 0.309 e. The molecule has 1 aliphatic heterocycles. The summed E-state index contributed by atoms with van der Waals surface area (Å²) in [6.45, 7) is 6.66. The molecule has 128 valence electrons. The number of carbonyl (C=O) groups is 2. The van der Waals surface area contributed by atoms with E-state index in [1.165, 1.54) is 19.3 Å². The molecule has 1 heterocycles. The van der Waals surface area contributed by atoms with Crippen molar-refractivity contribution in [2.24, 2.45) is 35.0 Å². The average Bonchev–Trinajstić information content (AvgIpc) is 2.49. The van der Waals surface area contributed by atoms with Gasteiger partial charge in [0.25, 0.3) is 0 Å². The standard InChI is InChI=1S/C20H30O3/c1-12-10-17-15-5-4-13-11-14(21)6-8-19(13,2)16(15)7-9-20(17,3)23-18(12)22/h12-13,15-17H,4-11H2,1-3H3/t12-,13-,15+,16-,17-,19-,20-/m0/s1. The fourth-order valence-electron chi connectivity index (χ4n) is 6.69. The highest BCUT2D eigenvalue weighted by atomic mass is 16.6. The van der Waals surface area contributed by atoms with Crippen LogP contribution in [-0.2, 0) is 14.3 Å². The summed E-state index contributed by atoms with van der Waals surface area (Å²) in [5.41, 5.74) is 0.0985. The Bertz CT molecular complexity index is 541. The molecule has 3 aliphatic carbocycles. The minimum Gasteiger partial charge on any atom is -0.459 e. The second-order valence-electron chi connectivity index (χ2n) is 9.31. The molecule has 0 radical (unpaired) electrons. The van der Waals surface area contributed by atoms with Crippen LogP contribution in [-0.4, -0.2) is 17.4 Å². The summed E-state index contributed by atoms with van der Waals surface area (Å²) in [6.07, 6.45) is 8.26. The van der Waals surface area contributed by atoms with Crippen molar-refractivity contribution in [2.45, 2.75) is 77.7 Å². The number of carbonyl (C=O) groups excluding carboxylic acids is 2. The van der Waals surface area contributed by atoms with Crippen molar-refractivity contribution >= 4 is 11.8 Å². The predicted molar refractivity (Wildman–Crippen MR) is 87.7 cm³/mol. The molecular formula is C20H30O3. The first-order valence-corrected chi connectivity index (χ1v) is 9.58. The molecule has 4 rings (SSSR count). The molecule has 0 aromatic heterocycles. The zero-order valence-corrected chi connectivity index (χ0v) is 14.8. The highest BCUT2D eigenvalue weighted by molar-refractivity contribution is 5.79. The Balaban J connectivity index is 1.63. The minimum absolute atomic E-state index is 0.00496. The monoisotopic (exact) mass is 318 g/mol. The topological polar surface area (TPSA) is 43.4 Å². The van der Waals surface area contributed by atoms with Gasteiger partial charge in [-0.15, -0.1) is 0 Å². The number of rotatable bonds is 0. The van der Waals surface area contributed by atoms with Crippen molar-refractivity contribution in [2.75, 3.05) is 0 Å². The Morgan fingerprint density at radius 1 is 1.04 bits per heavy atom. The van der Waals surface area contributed by atoms with Gasteiger partial charge in [-0.3, -0.25) is 9.59 Å². The van der Waals surface area contributed by atoms with E-state index < -0.39 is 0 Å². The molecule has 0 spiro atoms. The summed E-state index contributed by atoms with van der Waals surface area (Å²) in [6, 6.07) is 0. The van der Waals surface area contributed by atoms with Crippen molar-refractivity contribution in [3.8, 4) is 0 Å². The van der Waals surface area contributed by atoms with E-state index in [1.807, 2.05) is 6.92 Å². The summed E-state index contributed by atoms with van der Waals surface area (Å²) >= 11 is 0. The van der Waals surface area contributed by atoms with E-state index in [9.17, 15) is 9.59 Å². The summed E-state index contributed by atoms with van der Waals surface area (Å²) in [5, 5.41) is 0. The lowest BCUT2D eigenvalue weighted by Gasteiger charge is -2.61. The fourth-order valence-corrected chi connectivity index (χ4v) is 6.69. The number of fused-ring (bicyclic) bond motifs is 5. The van der Waals surface area contributed by atoms with E-state index in [0.29, 0.717) is 29.0 Å². The number of hydrogen-bond acceptors (Lipinski definition) is 3. The SMILES string of the molecule is C[C@H]1C[C@H]2[C@@H]3CC[C@H]4CC(=O)CC[C@]4(C)[C@H]3CC[C@]2(C)OC1=O. The molecule has 7 atom stereocenters. The van der Waals surface area contributed by atoms with Gasteiger partial charge in [-0.25, -0.2) is 0 Å². The van der Waals surface area contributed by atoms with Gasteiger partial charge >= 0.3 is 5.97 Å². The second-order valence-corrected chi connectivity index (χ2v) is 9.31. The van der Waals surface area contributed by atoms with Crippen LogP contribution in [0.5, 0.6) is 0 Å². The lowest BCUT2D eigenvalue weighted by atomic mass is 9.45. The molecule has 3 heteroatoms. The third-order valence-corrected chi connectivity index (χ3v) is 8.16. The molecule has 4 fully saturated rings. The molecule has 1 saturated heterocycles. The van der Waals surface area contributed by atoms with Crippen molar-refractivity contribution in [3.63, 3.8) is 0 Å². The van der Waals surface area contributed by atoms with Crippen LogP contribution in [0.2, 0.25) is 0 Å². The van der Waals surface area contributed by atoms with Gasteiger partial charge in [0.1, 0.15) is 11.4 Å². The van der Waals surface area contributed by atoms with Crippen LogP contribution in [0, 0.1) is 35.0 Å². The number of Topliss-reactive ketones (excluding diaryl/α,β-unsaturated/α-hetero) is 1. The first-order chi connectivity index (χ1) is 10.8. The zero-order chi connectivity index (χ0) is 16.4. The van der Waals surface area contributed by atoms with Crippen LogP contribution in [0.25, 0.3) is 0 Å². The first-order valence-electron chi connectivity index (χ1n) is 9.58. The Morgan fingerprint density at radius 2 is 1.83 bits per heavy atom. The summed E-state index contributed by atoms with van der Waals surface area (Å²) in [7, 11) is 0. The van der Waals surface area contributed by atoms with Crippen LogP contribution >= 0.6 is 0 Å². The number of ketones is 1. The molecule has 3 nitrogen and oxygen atoms in total. The van der Waals surface area contributed by atoms with Crippen LogP contribution in [0.1, 0.15) is 72.1 Å². The maximum atomic E-state index is 12.1. The highest BCUT2D eigenvalue weighted by Crippen LogP contribution is 2.63. The molecule has 0 aromatic carbocycles. The van der Waals surface area contributed by atoms with Gasteiger partial charge in [0.05, 0.1) is 5.92 Å². The van der Waals surface area contributed by atoms with Crippen molar-refractivity contribution in [3.05, 3.63) is 0 Å². The van der Waals surface area contributed by atoms with Crippen LogP contribution in [0.15, 0.2) is 0 Å². The lowest BCUT2D eigenvalue weighted by molar-refractivity contribution is -0.209. The second kappa shape index (κ2) is 5.07. The van der Waals surface area contributed by atoms with E-state index in [-0.39, 0.29) is 17.5 Å². The first kappa shape index (κ1) is 15.7. The number of ether oxygens (including phenoxy) is 1. The molecule has 3 saturated carbocycles. The van der Waals surface area contributed by atoms with Crippen molar-refractivity contribution in [1.82, 2.24) is 0 Å². The average molecular weight is 318 g/mol. The molecule has 0 N–H and O–H groups in total. The van der Waals surface area contributed by atoms with E-state index in [1.54, 1.807) is 0 Å². The van der Waals surface area contributed by atoms with Gasteiger partial charge in [0.2, 0.25) is 0 Å². The summed E-state index contributed by atoms with van der Waals surface area (Å²) in [5.74, 6) is 3.04. The van der Waals surface area contributed by atoms with E-state index >= 15 is 0 Å². The van der Waals surface area contributed by atoms with Crippen LogP contribution < -0.4 is 0 Å². The van der Waals surface area contributed by atoms with Gasteiger partial charge in [-0.2, -0.15) is 0 Å². The van der Waals surface area contributed by atoms with Crippen molar-refractivity contribution < 1.29 is 14.3 Å². The normalized spacial score (nSPS) is 52.9. The summed E-state index contributed by atoms with van der Waals surface area (Å²) < 4.78 is 5.93. The smallest absolute Gasteiger partial charge is 0.309 e. The molecule has 23 heavy (non-hydrogen) atoms. The van der Waals surface area contributed by atoms with E-state index in [2.05, 4.69) is 13.8 Å². The third-order valence-electron chi connectivity index (χ3n) is 8.16. The van der Waals surface area contributed by atoms with E-state index in [0.717, 1.165) is 38.0 Å². The van der Waals surface area contributed by atoms with Gasteiger partial charge < -0.3 is 4.74 Å². The Labute approximate surface area is 139 Å². The molecular weight excluding hydrogens is 288 g/mol. The zero-order valence-electron chi connectivity index (χ0n) is 14.8. The molecule has 4 aliphatic rings. The molecule has 0 amide bonds. The van der Waals surface area contributed by atoms with Crippen LogP contribution in [0.3, 0.4) is 0 Å². The Hall–Kier alpha value is -0.860. The Kier molecular flexibility index (Phi) is 3.45. The number of hydrogen-bond donors (Lipinski definition) is 0. The predicted octanol–water partition coefficient (Wildman–Crippen LogP) is 4.14. The Morgan fingerprint density at radius 3 is 2.61 bits per heavy atom. The largest absolute Gasteiger partial charge is 0.459 e. The van der Waals surface area contributed by atoms with Gasteiger partial charge in [0.15, 0.2) is 0 Å². The third kappa shape index (κ3) is 2.21. The lowest BCUT2D eigenvalue weighted by Crippen LogP contribution is -2.59. The molecule has 0 aromatic rings. The van der Waals surface area contributed by atoms with Gasteiger partial charge in [-0.05, 0) is 68.6 Å². The molecule has 0 unspecified atom stereocenters. The van der Waals surface area contributed by atoms with Gasteiger partial charge in [-0.1, -0.05) is 13.8 Å². The van der Waals surface area contributed by atoms with Crippen LogP contribution in [0.4, 0.5) is 0 Å². The van der Waals surface area contributed by atoms with Crippen molar-refractivity contribution in [1.29, 1.82) is 0 Å². The maximum absolute atomic E-state index is 12.1. The highest BCUT2D eigenvalue weighted by Gasteiger charge is 2.59. The van der Waals surface area contributed by atoms with E-state index in [4.69, 9.17) is 4.74 Å². The van der Waals surface area contributed by atoms with Gasteiger partial charge in [0, 0.05) is 18.8 Å².